The van der Waals surface area contributed by atoms with Crippen LogP contribution in [0.4, 0.5) is 11.4 Å². The maximum atomic E-state index is 12.6. The topological polar surface area (TPSA) is 46.5 Å². The van der Waals surface area contributed by atoms with Crippen LogP contribution in [-0.2, 0) is 4.79 Å². The van der Waals surface area contributed by atoms with E-state index in [9.17, 15) is 4.79 Å². The van der Waals surface area contributed by atoms with Crippen LogP contribution in [0.25, 0.3) is 10.9 Å². The number of aromatic nitrogens is 1. The highest BCUT2D eigenvalue weighted by Gasteiger charge is 2.15. The zero-order chi connectivity index (χ0) is 18.8. The van der Waals surface area contributed by atoms with Gasteiger partial charge in [-0.15, -0.1) is 0 Å². The number of aromatic amines is 1. The van der Waals surface area contributed by atoms with Crippen molar-refractivity contribution >= 4 is 39.8 Å². The van der Waals surface area contributed by atoms with Gasteiger partial charge in [0.25, 0.3) is 0 Å². The van der Waals surface area contributed by atoms with Gasteiger partial charge in [0.15, 0.2) is 6.20 Å². The molecule has 1 aromatic heterocycles. The number of nitrogens with zero attached hydrogens (tertiary/aromatic N) is 1. The lowest BCUT2D eigenvalue weighted by molar-refractivity contribution is -0.344. The minimum atomic E-state index is -0.0440. The minimum absolute atomic E-state index is 0.0440. The Hall–Kier alpha value is -2.59. The quantitative estimate of drug-likeness (QED) is 0.746. The molecule has 0 aliphatic heterocycles. The van der Waals surface area contributed by atoms with Gasteiger partial charge >= 0.3 is 0 Å². The Bertz CT molecular complexity index is 961. The van der Waals surface area contributed by atoms with Crippen LogP contribution in [0.1, 0.15) is 16.7 Å². The highest BCUT2D eigenvalue weighted by atomic mass is 35.5. The molecule has 0 atom stereocenters. The van der Waals surface area contributed by atoms with Gasteiger partial charge in [-0.2, -0.15) is 0 Å². The lowest BCUT2D eigenvalue weighted by Gasteiger charge is -2.20. The van der Waals surface area contributed by atoms with Gasteiger partial charge in [0.05, 0.1) is 17.6 Å². The summed E-state index contributed by atoms with van der Waals surface area (Å²) < 4.78 is 0. The average Bonchev–Trinajstić information content (AvgIpc) is 2.57. The van der Waals surface area contributed by atoms with Crippen molar-refractivity contribution in [2.24, 2.45) is 0 Å². The molecule has 26 heavy (non-hydrogen) atoms. The number of hydrogen-bond donors (Lipinski definition) is 1. The Balaban J connectivity index is 1.80. The summed E-state index contributed by atoms with van der Waals surface area (Å²) in [5.74, 6) is -0.0440. The summed E-state index contributed by atoms with van der Waals surface area (Å²) in [6.07, 6.45) is 1.86. The summed E-state index contributed by atoms with van der Waals surface area (Å²) in [6.45, 7) is 6.35. The number of H-pyrrole nitrogens is 1. The largest absolute Gasteiger partial charge is 0.364 e. The molecular formula is C21H23ClN3O+. The predicted octanol–water partition coefficient (Wildman–Crippen LogP) is 4.31. The molecule has 0 fully saturated rings. The van der Waals surface area contributed by atoms with Crippen molar-refractivity contribution in [3.63, 3.8) is 0 Å². The monoisotopic (exact) mass is 368 g/mol. The van der Waals surface area contributed by atoms with Gasteiger partial charge in [-0.05, 0) is 44.0 Å². The minimum Gasteiger partial charge on any atom is -0.364 e. The van der Waals surface area contributed by atoms with Gasteiger partial charge in [0.1, 0.15) is 0 Å². The molecule has 2 N–H and O–H groups in total. The number of amides is 1. The van der Waals surface area contributed by atoms with Gasteiger partial charge in [-0.3, -0.25) is 4.79 Å². The van der Waals surface area contributed by atoms with Crippen LogP contribution in [-0.4, -0.2) is 19.5 Å². The van der Waals surface area contributed by atoms with Crippen LogP contribution < -0.4 is 15.2 Å². The number of aryl methyl sites for hydroxylation is 3. The number of hydrogen-bond acceptors (Lipinski definition) is 2. The second kappa shape index (κ2) is 7.34. The molecule has 1 amide bonds. The third-order valence-corrected chi connectivity index (χ3v) is 4.71. The Labute approximate surface area is 158 Å². The van der Waals surface area contributed by atoms with Crippen molar-refractivity contribution in [3.05, 3.63) is 64.3 Å². The summed E-state index contributed by atoms with van der Waals surface area (Å²) in [7, 11) is 1.91. The Morgan fingerprint density at radius 1 is 1.12 bits per heavy atom. The SMILES string of the molecule is Cc1cc(C)c(NC(=O)CN(C)c2cc[nH+]c3cc(Cl)ccc23)c(C)c1. The first-order valence-electron chi connectivity index (χ1n) is 8.54. The van der Waals surface area contributed by atoms with E-state index in [1.807, 2.05) is 56.3 Å². The smallest absolute Gasteiger partial charge is 0.243 e. The van der Waals surface area contributed by atoms with Crippen LogP contribution in [0.5, 0.6) is 0 Å². The van der Waals surface area contributed by atoms with E-state index in [1.54, 1.807) is 0 Å². The zero-order valence-electron chi connectivity index (χ0n) is 15.5. The molecule has 0 spiro atoms. The van der Waals surface area contributed by atoms with Crippen LogP contribution in [0.3, 0.4) is 0 Å². The zero-order valence-corrected chi connectivity index (χ0v) is 16.2. The van der Waals surface area contributed by atoms with Crippen LogP contribution in [0.2, 0.25) is 5.02 Å². The van der Waals surface area contributed by atoms with Crippen molar-refractivity contribution < 1.29 is 9.78 Å². The fourth-order valence-corrected chi connectivity index (χ4v) is 3.52. The first-order chi connectivity index (χ1) is 12.3. The number of fused-ring (bicyclic) bond motifs is 1. The van der Waals surface area contributed by atoms with E-state index in [0.717, 1.165) is 33.4 Å². The molecule has 1 heterocycles. The third-order valence-electron chi connectivity index (χ3n) is 4.47. The molecule has 3 rings (SSSR count). The number of rotatable bonds is 4. The molecule has 3 aromatic rings. The molecule has 0 bridgehead atoms. The second-order valence-corrected chi connectivity index (χ2v) is 7.17. The van der Waals surface area contributed by atoms with E-state index in [2.05, 4.69) is 29.4 Å². The number of anilines is 2. The first-order valence-corrected chi connectivity index (χ1v) is 8.92. The van der Waals surface area contributed by atoms with Crippen molar-refractivity contribution in [1.82, 2.24) is 0 Å². The third kappa shape index (κ3) is 3.81. The van der Waals surface area contributed by atoms with E-state index in [0.29, 0.717) is 5.02 Å². The summed E-state index contributed by atoms with van der Waals surface area (Å²) in [5.41, 5.74) is 6.16. The lowest BCUT2D eigenvalue weighted by atomic mass is 10.1. The fraction of sp³-hybridized carbons (Fsp3) is 0.238. The first kappa shape index (κ1) is 18.2. The standard InChI is InChI=1S/C21H22ClN3O/c1-13-9-14(2)21(15(3)10-13)24-20(26)12-25(4)19-7-8-23-18-11-16(22)5-6-17(18)19/h5-11H,12H2,1-4H3,(H,24,26)/p+1. The molecule has 4 nitrogen and oxygen atoms in total. The summed E-state index contributed by atoms with van der Waals surface area (Å²) >= 11 is 6.07. The molecule has 2 aromatic carbocycles. The predicted molar refractivity (Wildman–Crippen MR) is 108 cm³/mol. The summed E-state index contributed by atoms with van der Waals surface area (Å²) in [4.78, 5) is 17.7. The summed E-state index contributed by atoms with van der Waals surface area (Å²) in [5, 5.41) is 4.75. The van der Waals surface area contributed by atoms with Crippen LogP contribution >= 0.6 is 11.6 Å². The molecule has 5 heteroatoms. The van der Waals surface area contributed by atoms with E-state index in [1.165, 1.54) is 5.56 Å². The highest BCUT2D eigenvalue weighted by Crippen LogP contribution is 2.26. The van der Waals surface area contributed by atoms with Crippen molar-refractivity contribution in [3.8, 4) is 0 Å². The molecule has 0 aliphatic rings. The van der Waals surface area contributed by atoms with E-state index >= 15 is 0 Å². The Kier molecular flexibility index (Phi) is 5.14. The lowest BCUT2D eigenvalue weighted by Crippen LogP contribution is -2.31. The van der Waals surface area contributed by atoms with Crippen LogP contribution in [0, 0.1) is 20.8 Å². The fourth-order valence-electron chi connectivity index (χ4n) is 3.35. The molecule has 0 aliphatic carbocycles. The number of likely N-dealkylation sites (N-methyl/N-ethyl adjacent to an activating group) is 1. The molecule has 0 radical (unpaired) electrons. The van der Waals surface area contributed by atoms with E-state index < -0.39 is 0 Å². The van der Waals surface area contributed by atoms with Gasteiger partial charge in [0, 0.05) is 29.9 Å². The normalized spacial score (nSPS) is 10.8. The van der Waals surface area contributed by atoms with Gasteiger partial charge in [0.2, 0.25) is 11.4 Å². The van der Waals surface area contributed by atoms with E-state index in [-0.39, 0.29) is 12.5 Å². The number of nitrogens with one attached hydrogen (secondary N) is 2. The van der Waals surface area contributed by atoms with Crippen molar-refractivity contribution in [2.45, 2.75) is 20.8 Å². The number of carbonyl (C=O) groups is 1. The number of halogens is 1. The number of pyridine rings is 1. The summed E-state index contributed by atoms with van der Waals surface area (Å²) in [6, 6.07) is 11.8. The van der Waals surface area contributed by atoms with Crippen molar-refractivity contribution in [1.29, 1.82) is 0 Å². The highest BCUT2D eigenvalue weighted by molar-refractivity contribution is 6.31. The Morgan fingerprint density at radius 3 is 2.50 bits per heavy atom. The van der Waals surface area contributed by atoms with Crippen LogP contribution in [0.15, 0.2) is 42.6 Å². The molecule has 0 saturated carbocycles. The average molecular weight is 369 g/mol. The molecular weight excluding hydrogens is 346 g/mol. The molecule has 0 unspecified atom stereocenters. The van der Waals surface area contributed by atoms with Crippen molar-refractivity contribution in [2.75, 3.05) is 23.8 Å². The Morgan fingerprint density at radius 2 is 1.81 bits per heavy atom. The van der Waals surface area contributed by atoms with E-state index in [4.69, 9.17) is 11.6 Å². The second-order valence-electron chi connectivity index (χ2n) is 6.73. The maximum absolute atomic E-state index is 12.6. The maximum Gasteiger partial charge on any atom is 0.243 e. The number of benzene rings is 2. The molecule has 134 valence electrons. The number of carbonyl (C=O) groups excluding carboxylic acids is 1. The van der Waals surface area contributed by atoms with Gasteiger partial charge in [-0.25, -0.2) is 4.98 Å². The molecule has 0 saturated heterocycles. The van der Waals surface area contributed by atoms with Gasteiger partial charge in [-0.1, -0.05) is 29.3 Å². The van der Waals surface area contributed by atoms with Gasteiger partial charge < -0.3 is 10.2 Å².